The van der Waals surface area contributed by atoms with Crippen molar-refractivity contribution in [1.29, 1.82) is 0 Å². The molecule has 3 aromatic carbocycles. The van der Waals surface area contributed by atoms with Crippen molar-refractivity contribution >= 4 is 27.5 Å². The van der Waals surface area contributed by atoms with Crippen LogP contribution in [0.3, 0.4) is 0 Å². The molecule has 0 saturated carbocycles. The number of aryl methyl sites for hydroxylation is 2. The van der Waals surface area contributed by atoms with Crippen molar-refractivity contribution in [3.8, 4) is 0 Å². The number of hydrogen-bond donors (Lipinski definition) is 1. The quantitative estimate of drug-likeness (QED) is 0.386. The first-order valence-electron chi connectivity index (χ1n) is 12.8. The van der Waals surface area contributed by atoms with Gasteiger partial charge in [0.15, 0.2) is 0 Å². The topological polar surface area (TPSA) is 86.8 Å². The third kappa shape index (κ3) is 7.44. The predicted octanol–water partition coefficient (Wildman–Crippen LogP) is 4.69. The van der Waals surface area contributed by atoms with E-state index in [0.717, 1.165) is 21.0 Å². The van der Waals surface area contributed by atoms with Crippen LogP contribution in [0.4, 0.5) is 5.69 Å². The van der Waals surface area contributed by atoms with E-state index in [9.17, 15) is 18.0 Å². The van der Waals surface area contributed by atoms with Crippen molar-refractivity contribution in [3.63, 3.8) is 0 Å². The first-order chi connectivity index (χ1) is 18.0. The van der Waals surface area contributed by atoms with Crippen LogP contribution < -0.4 is 9.62 Å². The molecule has 0 aliphatic heterocycles. The third-order valence-electron chi connectivity index (χ3n) is 6.26. The lowest BCUT2D eigenvalue weighted by Crippen LogP contribution is -2.51. The maximum Gasteiger partial charge on any atom is 0.264 e. The monoisotopic (exact) mass is 535 g/mol. The molecule has 0 aliphatic rings. The Morgan fingerprint density at radius 1 is 0.816 bits per heavy atom. The minimum absolute atomic E-state index is 0.0903. The van der Waals surface area contributed by atoms with Crippen LogP contribution in [0, 0.1) is 19.8 Å². The summed E-state index contributed by atoms with van der Waals surface area (Å²) >= 11 is 0. The summed E-state index contributed by atoms with van der Waals surface area (Å²) in [7, 11) is -4.06. The maximum atomic E-state index is 13.9. The number of rotatable bonds is 11. The van der Waals surface area contributed by atoms with Crippen LogP contribution in [0.1, 0.15) is 37.5 Å². The van der Waals surface area contributed by atoms with E-state index in [2.05, 4.69) is 5.32 Å². The molecule has 1 atom stereocenters. The molecule has 0 aliphatic carbocycles. The van der Waals surface area contributed by atoms with Crippen molar-refractivity contribution in [2.75, 3.05) is 17.4 Å². The Kier molecular flexibility index (Phi) is 9.69. The average Bonchev–Trinajstić information content (AvgIpc) is 2.90. The highest BCUT2D eigenvalue weighted by atomic mass is 32.2. The van der Waals surface area contributed by atoms with E-state index in [1.54, 1.807) is 49.4 Å². The second-order valence-corrected chi connectivity index (χ2v) is 11.8. The molecule has 38 heavy (non-hydrogen) atoms. The first-order valence-corrected chi connectivity index (χ1v) is 14.2. The molecule has 0 saturated heterocycles. The number of para-hydroxylation sites is 1. The van der Waals surface area contributed by atoms with Gasteiger partial charge in [-0.25, -0.2) is 8.42 Å². The Balaban J connectivity index is 1.97. The number of hydrogen-bond acceptors (Lipinski definition) is 4. The lowest BCUT2D eigenvalue weighted by atomic mass is 10.1. The summed E-state index contributed by atoms with van der Waals surface area (Å²) in [6.45, 7) is 9.71. The summed E-state index contributed by atoms with van der Waals surface area (Å²) in [4.78, 5) is 28.4. The van der Waals surface area contributed by atoms with E-state index >= 15 is 0 Å². The lowest BCUT2D eigenvalue weighted by molar-refractivity contribution is -0.139. The Labute approximate surface area is 226 Å². The fourth-order valence-corrected chi connectivity index (χ4v) is 5.30. The van der Waals surface area contributed by atoms with Gasteiger partial charge in [0.25, 0.3) is 10.0 Å². The van der Waals surface area contributed by atoms with Gasteiger partial charge in [-0.05, 0) is 56.5 Å². The maximum absolute atomic E-state index is 13.9. The third-order valence-corrected chi connectivity index (χ3v) is 8.05. The summed E-state index contributed by atoms with van der Waals surface area (Å²) < 4.78 is 28.6. The Morgan fingerprint density at radius 3 is 1.92 bits per heavy atom. The molecule has 0 bridgehead atoms. The molecule has 0 heterocycles. The Bertz CT molecular complexity index is 1320. The molecule has 202 valence electrons. The van der Waals surface area contributed by atoms with Gasteiger partial charge in [-0.15, -0.1) is 0 Å². The van der Waals surface area contributed by atoms with Gasteiger partial charge in [0, 0.05) is 13.1 Å². The Hall–Kier alpha value is -3.65. The molecule has 0 fully saturated rings. The van der Waals surface area contributed by atoms with Gasteiger partial charge in [0.05, 0.1) is 10.6 Å². The fourth-order valence-electron chi connectivity index (χ4n) is 3.89. The van der Waals surface area contributed by atoms with Crippen LogP contribution >= 0.6 is 0 Å². The SMILES string of the molecule is Cc1ccc(CN(C(=O)CN(c2ccccc2)S(=O)(=O)c2ccc(C)cc2)[C@H](C)C(=O)NCC(C)C)cc1. The highest BCUT2D eigenvalue weighted by Gasteiger charge is 2.32. The van der Waals surface area contributed by atoms with Crippen LogP contribution in [-0.2, 0) is 26.2 Å². The molecule has 3 aromatic rings. The normalized spacial score (nSPS) is 12.2. The molecule has 0 radical (unpaired) electrons. The van der Waals surface area contributed by atoms with Gasteiger partial charge in [-0.3, -0.25) is 13.9 Å². The molecule has 0 unspecified atom stereocenters. The number of sulfonamides is 1. The standard InChI is InChI=1S/C30H37N3O4S/c1-22(2)19-31-30(35)25(5)32(20-26-15-11-23(3)12-16-26)29(34)21-33(27-9-7-6-8-10-27)38(36,37)28-17-13-24(4)14-18-28/h6-18,22,25H,19-21H2,1-5H3,(H,31,35)/t25-/m1/s1. The summed E-state index contributed by atoms with van der Waals surface area (Å²) in [5, 5.41) is 2.89. The van der Waals surface area contributed by atoms with Crippen LogP contribution in [0.25, 0.3) is 0 Å². The van der Waals surface area contributed by atoms with E-state index in [-0.39, 0.29) is 23.3 Å². The molecule has 1 N–H and O–H groups in total. The number of carbonyl (C=O) groups is 2. The minimum Gasteiger partial charge on any atom is -0.354 e. The highest BCUT2D eigenvalue weighted by Crippen LogP contribution is 2.24. The molecule has 3 rings (SSSR count). The number of carbonyl (C=O) groups excluding carboxylic acids is 2. The summed E-state index contributed by atoms with van der Waals surface area (Å²) in [6.07, 6.45) is 0. The summed E-state index contributed by atoms with van der Waals surface area (Å²) in [5.74, 6) is -0.509. The molecule has 7 nitrogen and oxygen atoms in total. The number of nitrogens with zero attached hydrogens (tertiary/aromatic N) is 2. The Morgan fingerprint density at radius 2 is 1.37 bits per heavy atom. The predicted molar refractivity (Wildman–Crippen MR) is 151 cm³/mol. The van der Waals surface area contributed by atoms with Crippen LogP contribution in [0.2, 0.25) is 0 Å². The van der Waals surface area contributed by atoms with Crippen molar-refractivity contribution < 1.29 is 18.0 Å². The van der Waals surface area contributed by atoms with E-state index in [1.165, 1.54) is 17.0 Å². The van der Waals surface area contributed by atoms with E-state index < -0.39 is 28.5 Å². The molecular formula is C30H37N3O4S. The molecule has 2 amide bonds. The molecular weight excluding hydrogens is 498 g/mol. The number of nitrogens with one attached hydrogen (secondary N) is 1. The highest BCUT2D eigenvalue weighted by molar-refractivity contribution is 7.92. The second kappa shape index (κ2) is 12.7. The van der Waals surface area contributed by atoms with Gasteiger partial charge >= 0.3 is 0 Å². The van der Waals surface area contributed by atoms with E-state index in [4.69, 9.17) is 0 Å². The molecule has 0 spiro atoms. The van der Waals surface area contributed by atoms with Crippen LogP contribution in [0.5, 0.6) is 0 Å². The smallest absolute Gasteiger partial charge is 0.264 e. The number of anilines is 1. The zero-order chi connectivity index (χ0) is 27.9. The van der Waals surface area contributed by atoms with Gasteiger partial charge in [-0.1, -0.05) is 79.6 Å². The van der Waals surface area contributed by atoms with E-state index in [1.807, 2.05) is 52.0 Å². The van der Waals surface area contributed by atoms with E-state index in [0.29, 0.717) is 12.2 Å². The largest absolute Gasteiger partial charge is 0.354 e. The first kappa shape index (κ1) is 28.9. The van der Waals surface area contributed by atoms with Crippen LogP contribution in [0.15, 0.2) is 83.8 Å². The fraction of sp³-hybridized carbons (Fsp3) is 0.333. The van der Waals surface area contributed by atoms with Gasteiger partial charge in [0.1, 0.15) is 12.6 Å². The zero-order valence-corrected chi connectivity index (χ0v) is 23.5. The van der Waals surface area contributed by atoms with Gasteiger partial charge in [-0.2, -0.15) is 0 Å². The summed E-state index contributed by atoms with van der Waals surface area (Å²) in [6, 6.07) is 22.0. The van der Waals surface area contributed by atoms with Crippen molar-refractivity contribution in [2.24, 2.45) is 5.92 Å². The number of benzene rings is 3. The van der Waals surface area contributed by atoms with Gasteiger partial charge in [0.2, 0.25) is 11.8 Å². The van der Waals surface area contributed by atoms with Crippen molar-refractivity contribution in [2.45, 2.75) is 52.1 Å². The summed E-state index contributed by atoms with van der Waals surface area (Å²) in [5.41, 5.74) is 3.22. The molecule has 8 heteroatoms. The second-order valence-electron chi connectivity index (χ2n) is 9.98. The lowest BCUT2D eigenvalue weighted by Gasteiger charge is -2.32. The average molecular weight is 536 g/mol. The van der Waals surface area contributed by atoms with Crippen molar-refractivity contribution in [3.05, 3.63) is 95.6 Å². The van der Waals surface area contributed by atoms with Crippen molar-refractivity contribution in [1.82, 2.24) is 10.2 Å². The zero-order valence-electron chi connectivity index (χ0n) is 22.7. The minimum atomic E-state index is -4.06. The molecule has 0 aromatic heterocycles. The van der Waals surface area contributed by atoms with Crippen LogP contribution in [-0.4, -0.2) is 44.3 Å². The van der Waals surface area contributed by atoms with Gasteiger partial charge < -0.3 is 10.2 Å². The number of amides is 2.